The van der Waals surface area contributed by atoms with Crippen LogP contribution in [0.5, 0.6) is 0 Å². The summed E-state index contributed by atoms with van der Waals surface area (Å²) in [6.07, 6.45) is 0. The quantitative estimate of drug-likeness (QED) is 0.850. The van der Waals surface area contributed by atoms with E-state index in [-0.39, 0.29) is 0 Å². The molecule has 2 rings (SSSR count). The van der Waals surface area contributed by atoms with E-state index in [1.54, 1.807) is 13.0 Å². The first kappa shape index (κ1) is 14.1. The van der Waals surface area contributed by atoms with Crippen LogP contribution in [-0.4, -0.2) is 5.91 Å². The Labute approximate surface area is 119 Å². The van der Waals surface area contributed by atoms with E-state index in [2.05, 4.69) is 21.2 Å². The van der Waals surface area contributed by atoms with E-state index in [0.29, 0.717) is 17.0 Å². The minimum absolute atomic E-state index is 0.299. The first-order valence-electron chi connectivity index (χ1n) is 5.10. The highest BCUT2D eigenvalue weighted by atomic mass is 79.9. The monoisotopic (exact) mass is 349 g/mol. The molecule has 100 valence electrons. The van der Waals surface area contributed by atoms with Crippen LogP contribution in [0, 0.1) is 24.4 Å². The molecule has 2 aromatic rings. The smallest absolute Gasteiger partial charge is 0.265 e. The van der Waals surface area contributed by atoms with Gasteiger partial charge in [0.15, 0.2) is 11.6 Å². The summed E-state index contributed by atoms with van der Waals surface area (Å²) in [6.45, 7) is 1.79. The minimum atomic E-state index is -1.15. The highest BCUT2D eigenvalue weighted by molar-refractivity contribution is 9.11. The van der Waals surface area contributed by atoms with Gasteiger partial charge in [0.25, 0.3) is 5.91 Å². The largest absolute Gasteiger partial charge is 0.316 e. The van der Waals surface area contributed by atoms with Crippen molar-refractivity contribution in [3.8, 4) is 0 Å². The zero-order valence-electron chi connectivity index (χ0n) is 9.56. The molecule has 0 saturated carbocycles. The second kappa shape index (κ2) is 5.34. The van der Waals surface area contributed by atoms with Crippen LogP contribution >= 0.6 is 27.3 Å². The Morgan fingerprint density at radius 2 is 1.79 bits per heavy atom. The molecule has 1 aromatic heterocycles. The number of amides is 1. The van der Waals surface area contributed by atoms with E-state index in [4.69, 9.17) is 0 Å². The van der Waals surface area contributed by atoms with Crippen molar-refractivity contribution in [3.63, 3.8) is 0 Å². The Hall–Kier alpha value is -1.34. The second-order valence-electron chi connectivity index (χ2n) is 3.77. The number of hydrogen-bond donors (Lipinski definition) is 1. The van der Waals surface area contributed by atoms with Gasteiger partial charge in [-0.3, -0.25) is 4.79 Å². The predicted molar refractivity (Wildman–Crippen MR) is 71.0 cm³/mol. The zero-order valence-corrected chi connectivity index (χ0v) is 12.0. The van der Waals surface area contributed by atoms with Crippen LogP contribution in [0.1, 0.15) is 15.2 Å². The Kier molecular flexibility index (Phi) is 3.96. The van der Waals surface area contributed by atoms with Crippen LogP contribution in [-0.2, 0) is 0 Å². The van der Waals surface area contributed by atoms with Crippen molar-refractivity contribution < 1.29 is 18.0 Å². The second-order valence-corrected chi connectivity index (χ2v) is 6.14. The molecule has 19 heavy (non-hydrogen) atoms. The molecule has 0 aliphatic heterocycles. The van der Waals surface area contributed by atoms with E-state index in [9.17, 15) is 18.0 Å². The van der Waals surface area contributed by atoms with Crippen LogP contribution in [0.4, 0.5) is 18.9 Å². The van der Waals surface area contributed by atoms with E-state index >= 15 is 0 Å². The average molecular weight is 350 g/mol. The van der Waals surface area contributed by atoms with Gasteiger partial charge in [-0.05, 0) is 34.5 Å². The van der Waals surface area contributed by atoms with Gasteiger partial charge in [0, 0.05) is 12.1 Å². The normalized spacial score (nSPS) is 10.6. The molecular formula is C12H7BrF3NOS. The van der Waals surface area contributed by atoms with Gasteiger partial charge in [-0.25, -0.2) is 13.2 Å². The zero-order chi connectivity index (χ0) is 14.2. The van der Waals surface area contributed by atoms with Crippen molar-refractivity contribution >= 4 is 38.9 Å². The summed E-state index contributed by atoms with van der Waals surface area (Å²) in [5, 5.41) is 2.10. The topological polar surface area (TPSA) is 29.1 Å². The molecule has 0 saturated heterocycles. The molecule has 0 fully saturated rings. The summed E-state index contributed by atoms with van der Waals surface area (Å²) in [5.41, 5.74) is 0.184. The molecule has 0 bridgehead atoms. The van der Waals surface area contributed by atoms with Gasteiger partial charge in [0.1, 0.15) is 11.5 Å². The molecular weight excluding hydrogens is 343 g/mol. The fourth-order valence-electron chi connectivity index (χ4n) is 1.41. The summed E-state index contributed by atoms with van der Waals surface area (Å²) in [4.78, 5) is 12.1. The number of rotatable bonds is 2. The lowest BCUT2D eigenvalue weighted by Gasteiger charge is -2.06. The van der Waals surface area contributed by atoms with Gasteiger partial charge in [-0.1, -0.05) is 0 Å². The number of hydrogen-bond acceptors (Lipinski definition) is 2. The summed E-state index contributed by atoms with van der Waals surface area (Å²) in [5.74, 6) is -4.00. The summed E-state index contributed by atoms with van der Waals surface area (Å²) in [7, 11) is 0. The molecule has 0 aliphatic carbocycles. The van der Waals surface area contributed by atoms with Gasteiger partial charge in [-0.15, -0.1) is 11.3 Å². The van der Waals surface area contributed by atoms with Crippen molar-refractivity contribution in [2.24, 2.45) is 0 Å². The molecule has 7 heteroatoms. The summed E-state index contributed by atoms with van der Waals surface area (Å²) < 4.78 is 40.2. The number of thiophene rings is 1. The third-order valence-corrected chi connectivity index (χ3v) is 4.46. The number of aryl methyl sites for hydroxylation is 1. The number of nitrogens with one attached hydrogen (secondary N) is 1. The number of anilines is 1. The fourth-order valence-corrected chi connectivity index (χ4v) is 2.84. The highest BCUT2D eigenvalue weighted by Crippen LogP contribution is 2.28. The van der Waals surface area contributed by atoms with Crippen LogP contribution in [0.15, 0.2) is 22.0 Å². The van der Waals surface area contributed by atoms with Gasteiger partial charge in [-0.2, -0.15) is 0 Å². The lowest BCUT2D eigenvalue weighted by atomic mass is 10.2. The first-order chi connectivity index (χ1) is 8.88. The molecule has 1 aromatic carbocycles. The molecule has 1 amide bonds. The third kappa shape index (κ3) is 2.98. The van der Waals surface area contributed by atoms with Crippen LogP contribution in [0.3, 0.4) is 0 Å². The van der Waals surface area contributed by atoms with Gasteiger partial charge in [0.05, 0.1) is 8.66 Å². The van der Waals surface area contributed by atoms with Gasteiger partial charge >= 0.3 is 0 Å². The van der Waals surface area contributed by atoms with E-state index < -0.39 is 29.0 Å². The maximum Gasteiger partial charge on any atom is 0.265 e. The summed E-state index contributed by atoms with van der Waals surface area (Å²) >= 11 is 4.39. The minimum Gasteiger partial charge on any atom is -0.316 e. The Morgan fingerprint density at radius 1 is 1.21 bits per heavy atom. The van der Waals surface area contributed by atoms with Crippen molar-refractivity contribution in [1.29, 1.82) is 0 Å². The molecule has 0 spiro atoms. The first-order valence-corrected chi connectivity index (χ1v) is 6.71. The number of carbonyl (C=O) groups excluding carboxylic acids is 1. The summed E-state index contributed by atoms with van der Waals surface area (Å²) in [6, 6.07) is 2.60. The van der Waals surface area contributed by atoms with Crippen molar-refractivity contribution in [3.05, 3.63) is 49.9 Å². The van der Waals surface area contributed by atoms with Gasteiger partial charge < -0.3 is 5.32 Å². The van der Waals surface area contributed by atoms with E-state index in [0.717, 1.165) is 20.7 Å². The van der Waals surface area contributed by atoms with Crippen LogP contribution in [0.25, 0.3) is 0 Å². The van der Waals surface area contributed by atoms with E-state index in [1.165, 1.54) is 0 Å². The predicted octanol–water partition coefficient (Wildman–Crippen LogP) is 4.49. The van der Waals surface area contributed by atoms with Crippen molar-refractivity contribution in [2.75, 3.05) is 5.32 Å². The molecule has 1 heterocycles. The maximum absolute atomic E-state index is 13.4. The Morgan fingerprint density at radius 3 is 2.26 bits per heavy atom. The highest BCUT2D eigenvalue weighted by Gasteiger charge is 2.17. The Bertz CT molecular complexity index is 614. The molecule has 0 aliphatic rings. The number of benzene rings is 1. The maximum atomic E-state index is 13.4. The molecule has 0 atom stereocenters. The molecule has 2 nitrogen and oxygen atoms in total. The van der Waals surface area contributed by atoms with Crippen LogP contribution < -0.4 is 5.32 Å². The van der Waals surface area contributed by atoms with Crippen molar-refractivity contribution in [1.82, 2.24) is 0 Å². The molecule has 0 unspecified atom stereocenters. The average Bonchev–Trinajstić information content (AvgIpc) is 2.64. The fraction of sp³-hybridized carbons (Fsp3) is 0.0833. The number of halogens is 4. The SMILES string of the molecule is Cc1cc(C(=O)Nc2c(F)cc(F)cc2F)sc1Br. The van der Waals surface area contributed by atoms with Crippen LogP contribution in [0.2, 0.25) is 0 Å². The number of carbonyl (C=O) groups is 1. The Balaban J connectivity index is 2.29. The standard InChI is InChI=1S/C12H7BrF3NOS/c1-5-2-9(19-11(5)13)12(18)17-10-7(15)3-6(14)4-8(10)16/h2-4H,1H3,(H,17,18). The van der Waals surface area contributed by atoms with Gasteiger partial charge in [0.2, 0.25) is 0 Å². The third-order valence-electron chi connectivity index (χ3n) is 2.33. The van der Waals surface area contributed by atoms with E-state index in [1.807, 2.05) is 0 Å². The van der Waals surface area contributed by atoms with Crippen molar-refractivity contribution in [2.45, 2.75) is 6.92 Å². The lowest BCUT2D eigenvalue weighted by Crippen LogP contribution is -2.13. The molecule has 1 N–H and O–H groups in total. The molecule has 0 radical (unpaired) electrons. The lowest BCUT2D eigenvalue weighted by molar-refractivity contribution is 0.102.